The average molecular weight is 322 g/mol. The molecule has 2 nitrogen and oxygen atoms in total. The lowest BCUT2D eigenvalue weighted by Gasteiger charge is -2.16. The van der Waals surface area contributed by atoms with Gasteiger partial charge in [-0.15, -0.1) is 0 Å². The van der Waals surface area contributed by atoms with Crippen LogP contribution in [-0.4, -0.2) is 5.11 Å². The highest BCUT2D eigenvalue weighted by Gasteiger charge is 2.24. The van der Waals surface area contributed by atoms with E-state index in [0.717, 1.165) is 29.7 Å². The second-order valence-electron chi connectivity index (χ2n) is 4.71. The number of aromatic hydroxyl groups is 1. The van der Waals surface area contributed by atoms with E-state index in [1.165, 1.54) is 6.07 Å². The quantitative estimate of drug-likeness (QED) is 0.859. The second kappa shape index (κ2) is 4.85. The Morgan fingerprint density at radius 3 is 2.89 bits per heavy atom. The maximum atomic E-state index is 13.5. The molecular weight excluding hydrogens is 309 g/mol. The lowest BCUT2D eigenvalue weighted by atomic mass is 10.1. The Hall–Kier alpha value is -1.55. The molecule has 0 radical (unpaired) electrons. The summed E-state index contributed by atoms with van der Waals surface area (Å²) in [4.78, 5) is 0. The number of phenolic OH excluding ortho intramolecular Hbond substituents is 1. The molecule has 1 aliphatic carbocycles. The summed E-state index contributed by atoms with van der Waals surface area (Å²) in [5, 5.41) is 13.1. The third-order valence-electron chi connectivity index (χ3n) is 3.51. The van der Waals surface area contributed by atoms with Crippen LogP contribution in [0.3, 0.4) is 0 Å². The van der Waals surface area contributed by atoms with Crippen molar-refractivity contribution in [3.8, 4) is 5.75 Å². The van der Waals surface area contributed by atoms with Gasteiger partial charge in [0.15, 0.2) is 0 Å². The Morgan fingerprint density at radius 2 is 2.11 bits per heavy atom. The van der Waals surface area contributed by atoms with Gasteiger partial charge >= 0.3 is 0 Å². The fraction of sp³-hybridized carbons (Fsp3) is 0.200. The van der Waals surface area contributed by atoms with E-state index < -0.39 is 0 Å². The van der Waals surface area contributed by atoms with E-state index in [2.05, 4.69) is 21.2 Å². The Balaban J connectivity index is 1.86. The lowest BCUT2D eigenvalue weighted by molar-refractivity contribution is 0.469. The molecule has 4 heteroatoms. The normalized spacial score (nSPS) is 17.3. The largest absolute Gasteiger partial charge is 0.508 e. The van der Waals surface area contributed by atoms with Gasteiger partial charge in [0.05, 0.1) is 10.5 Å². The van der Waals surface area contributed by atoms with Crippen LogP contribution in [0.2, 0.25) is 0 Å². The molecule has 19 heavy (non-hydrogen) atoms. The molecule has 0 aromatic heterocycles. The molecule has 2 N–H and O–H groups in total. The third kappa shape index (κ3) is 2.32. The van der Waals surface area contributed by atoms with Gasteiger partial charge in [-0.25, -0.2) is 4.39 Å². The molecule has 0 aliphatic heterocycles. The van der Waals surface area contributed by atoms with E-state index in [1.54, 1.807) is 12.1 Å². The van der Waals surface area contributed by atoms with Gasteiger partial charge < -0.3 is 10.4 Å². The number of anilines is 1. The number of fused-ring (bicyclic) bond motifs is 1. The van der Waals surface area contributed by atoms with Gasteiger partial charge in [-0.3, -0.25) is 0 Å². The van der Waals surface area contributed by atoms with Crippen molar-refractivity contribution in [1.29, 1.82) is 0 Å². The highest BCUT2D eigenvalue weighted by atomic mass is 79.9. The summed E-state index contributed by atoms with van der Waals surface area (Å²) in [5.41, 5.74) is 2.85. The van der Waals surface area contributed by atoms with E-state index in [-0.39, 0.29) is 11.9 Å². The maximum absolute atomic E-state index is 13.5. The van der Waals surface area contributed by atoms with Crippen molar-refractivity contribution in [2.45, 2.75) is 18.9 Å². The predicted octanol–water partition coefficient (Wildman–Crippen LogP) is 4.39. The predicted molar refractivity (Wildman–Crippen MR) is 76.9 cm³/mol. The SMILES string of the molecule is Oc1cccc2c1CCC2Nc1ccc(Br)c(F)c1. The molecule has 0 saturated heterocycles. The van der Waals surface area contributed by atoms with Crippen molar-refractivity contribution in [3.05, 3.63) is 57.8 Å². The number of hydrogen-bond acceptors (Lipinski definition) is 2. The molecule has 0 fully saturated rings. The molecule has 0 amide bonds. The summed E-state index contributed by atoms with van der Waals surface area (Å²) in [7, 11) is 0. The van der Waals surface area contributed by atoms with Crippen LogP contribution in [0.15, 0.2) is 40.9 Å². The van der Waals surface area contributed by atoms with Gasteiger partial charge in [-0.1, -0.05) is 12.1 Å². The van der Waals surface area contributed by atoms with Crippen molar-refractivity contribution in [2.24, 2.45) is 0 Å². The number of nitrogens with one attached hydrogen (secondary N) is 1. The minimum Gasteiger partial charge on any atom is -0.508 e. The van der Waals surface area contributed by atoms with E-state index in [1.807, 2.05) is 18.2 Å². The Bertz CT molecular complexity index is 630. The van der Waals surface area contributed by atoms with Crippen LogP contribution in [0.4, 0.5) is 10.1 Å². The first-order valence-corrected chi connectivity index (χ1v) is 6.97. The fourth-order valence-electron chi connectivity index (χ4n) is 2.57. The summed E-state index contributed by atoms with van der Waals surface area (Å²) in [5.74, 6) is 0.0721. The van der Waals surface area contributed by atoms with E-state index in [4.69, 9.17) is 0 Å². The van der Waals surface area contributed by atoms with Gasteiger partial charge in [-0.2, -0.15) is 0 Å². The summed E-state index contributed by atoms with van der Waals surface area (Å²) in [6, 6.07) is 10.7. The van der Waals surface area contributed by atoms with Gasteiger partial charge in [0.2, 0.25) is 0 Å². The summed E-state index contributed by atoms with van der Waals surface area (Å²) in [6.07, 6.45) is 1.75. The molecule has 1 aliphatic rings. The highest BCUT2D eigenvalue weighted by Crippen LogP contribution is 2.38. The molecular formula is C15H13BrFNO. The Morgan fingerprint density at radius 1 is 1.26 bits per heavy atom. The molecule has 0 spiro atoms. The van der Waals surface area contributed by atoms with Crippen molar-refractivity contribution in [1.82, 2.24) is 0 Å². The van der Waals surface area contributed by atoms with E-state index >= 15 is 0 Å². The van der Waals surface area contributed by atoms with E-state index in [0.29, 0.717) is 10.2 Å². The first-order valence-electron chi connectivity index (χ1n) is 6.17. The molecule has 2 aromatic rings. The van der Waals surface area contributed by atoms with Crippen LogP contribution in [0, 0.1) is 5.82 Å². The third-order valence-corrected chi connectivity index (χ3v) is 4.15. The van der Waals surface area contributed by atoms with Crippen LogP contribution >= 0.6 is 15.9 Å². The summed E-state index contributed by atoms with van der Waals surface area (Å²) < 4.78 is 13.9. The Labute approximate surface area is 119 Å². The Kier molecular flexibility index (Phi) is 3.19. The molecule has 1 atom stereocenters. The van der Waals surface area contributed by atoms with Gasteiger partial charge in [-0.05, 0) is 64.2 Å². The van der Waals surface area contributed by atoms with Crippen LogP contribution in [0.1, 0.15) is 23.6 Å². The van der Waals surface area contributed by atoms with Crippen molar-refractivity contribution >= 4 is 21.6 Å². The maximum Gasteiger partial charge on any atom is 0.139 e. The average Bonchev–Trinajstić information content (AvgIpc) is 2.79. The highest BCUT2D eigenvalue weighted by molar-refractivity contribution is 9.10. The number of hydrogen-bond donors (Lipinski definition) is 2. The first kappa shape index (κ1) is 12.5. The molecule has 98 valence electrons. The van der Waals surface area contributed by atoms with Crippen molar-refractivity contribution in [2.75, 3.05) is 5.32 Å². The number of rotatable bonds is 2. The minimum absolute atomic E-state index is 0.127. The molecule has 2 aromatic carbocycles. The lowest BCUT2D eigenvalue weighted by Crippen LogP contribution is -2.07. The van der Waals surface area contributed by atoms with Crippen molar-refractivity contribution in [3.63, 3.8) is 0 Å². The second-order valence-corrected chi connectivity index (χ2v) is 5.56. The van der Waals surface area contributed by atoms with Crippen LogP contribution in [0.25, 0.3) is 0 Å². The first-order chi connectivity index (χ1) is 9.15. The number of phenols is 1. The zero-order valence-electron chi connectivity index (χ0n) is 10.2. The van der Waals surface area contributed by atoms with Crippen LogP contribution in [0.5, 0.6) is 5.75 Å². The fourth-order valence-corrected chi connectivity index (χ4v) is 2.82. The summed E-state index contributed by atoms with van der Waals surface area (Å²) in [6.45, 7) is 0. The minimum atomic E-state index is -0.279. The van der Waals surface area contributed by atoms with Crippen molar-refractivity contribution < 1.29 is 9.50 Å². The molecule has 0 heterocycles. The van der Waals surface area contributed by atoms with E-state index in [9.17, 15) is 9.50 Å². The molecule has 0 bridgehead atoms. The zero-order valence-corrected chi connectivity index (χ0v) is 11.7. The smallest absolute Gasteiger partial charge is 0.139 e. The molecule has 3 rings (SSSR count). The molecule has 0 saturated carbocycles. The monoisotopic (exact) mass is 321 g/mol. The van der Waals surface area contributed by atoms with Crippen LogP contribution in [-0.2, 0) is 6.42 Å². The number of halogens is 2. The summed E-state index contributed by atoms with van der Waals surface area (Å²) >= 11 is 3.14. The van der Waals surface area contributed by atoms with Gasteiger partial charge in [0.25, 0.3) is 0 Å². The zero-order chi connectivity index (χ0) is 13.4. The standard InChI is InChI=1S/C15H13BrFNO/c16-12-6-4-9(8-13(12)17)18-14-7-5-11-10(14)2-1-3-15(11)19/h1-4,6,8,14,18-19H,5,7H2. The van der Waals surface area contributed by atoms with Crippen LogP contribution < -0.4 is 5.32 Å². The van der Waals surface area contributed by atoms with Gasteiger partial charge in [0.1, 0.15) is 11.6 Å². The number of benzene rings is 2. The molecule has 1 unspecified atom stereocenters. The van der Waals surface area contributed by atoms with Gasteiger partial charge in [0, 0.05) is 5.69 Å². The topological polar surface area (TPSA) is 32.3 Å².